The van der Waals surface area contributed by atoms with Gasteiger partial charge in [-0.15, -0.1) is 0 Å². The molecule has 1 aromatic carbocycles. The summed E-state index contributed by atoms with van der Waals surface area (Å²) in [4.78, 5) is 12.3. The van der Waals surface area contributed by atoms with Gasteiger partial charge in [0.2, 0.25) is 0 Å². The Hall–Kier alpha value is -1.59. The zero-order chi connectivity index (χ0) is 12.4. The van der Waals surface area contributed by atoms with Crippen LogP contribution in [0.5, 0.6) is 0 Å². The Balaban J connectivity index is 2.17. The van der Waals surface area contributed by atoms with Crippen LogP contribution in [0.3, 0.4) is 0 Å². The van der Waals surface area contributed by atoms with Crippen molar-refractivity contribution < 1.29 is 4.79 Å². The van der Waals surface area contributed by atoms with Crippen molar-refractivity contribution in [2.45, 2.75) is 6.92 Å². The number of rotatable bonds is 2. The molecule has 17 heavy (non-hydrogen) atoms. The number of nitrogens with two attached hydrogens (primary N) is 1. The topological polar surface area (TPSA) is 68.0 Å². The lowest BCUT2D eigenvalue weighted by Gasteiger charge is -2.03. The molecule has 0 saturated heterocycles. The van der Waals surface area contributed by atoms with Crippen LogP contribution < -0.4 is 11.1 Å². The van der Waals surface area contributed by atoms with Crippen LogP contribution in [0.2, 0.25) is 5.02 Å². The fourth-order valence-electron chi connectivity index (χ4n) is 1.26. The lowest BCUT2D eigenvalue weighted by atomic mass is 10.3. The summed E-state index contributed by atoms with van der Waals surface area (Å²) in [6.07, 6.45) is 0. The number of carbonyl (C=O) groups excluding carboxylic acids is 1. The average molecular weight is 268 g/mol. The Kier molecular flexibility index (Phi) is 3.31. The van der Waals surface area contributed by atoms with Gasteiger partial charge in [0.1, 0.15) is 4.88 Å². The second-order valence-corrected chi connectivity index (χ2v) is 4.68. The average Bonchev–Trinajstić information content (AvgIpc) is 2.63. The molecule has 2 rings (SSSR count). The van der Waals surface area contributed by atoms with Gasteiger partial charge in [-0.05, 0) is 42.7 Å². The molecular weight excluding hydrogens is 258 g/mol. The molecule has 0 fully saturated rings. The van der Waals surface area contributed by atoms with E-state index in [2.05, 4.69) is 9.69 Å². The third-order valence-electron chi connectivity index (χ3n) is 2.22. The summed E-state index contributed by atoms with van der Waals surface area (Å²) in [5.74, 6) is -0.254. The van der Waals surface area contributed by atoms with E-state index in [9.17, 15) is 4.79 Å². The van der Waals surface area contributed by atoms with Gasteiger partial charge >= 0.3 is 0 Å². The number of aryl methyl sites for hydroxylation is 1. The molecule has 0 bridgehead atoms. The minimum atomic E-state index is -0.254. The number of aromatic nitrogens is 1. The minimum absolute atomic E-state index is 0.254. The molecule has 3 N–H and O–H groups in total. The van der Waals surface area contributed by atoms with Crippen molar-refractivity contribution in [3.05, 3.63) is 39.9 Å². The predicted octanol–water partition coefficient (Wildman–Crippen LogP) is 2.94. The molecule has 1 heterocycles. The monoisotopic (exact) mass is 267 g/mol. The molecule has 0 saturated carbocycles. The Morgan fingerprint density at radius 1 is 1.41 bits per heavy atom. The standard InChI is InChI=1S/C11H10ClN3OS/c1-6-9(13)10(17-15-6)11(16)14-8-4-2-7(12)3-5-8/h2-5H,13H2,1H3,(H,14,16). The predicted molar refractivity (Wildman–Crippen MR) is 70.7 cm³/mol. The fourth-order valence-corrected chi connectivity index (χ4v) is 2.09. The van der Waals surface area contributed by atoms with Crippen molar-refractivity contribution in [3.63, 3.8) is 0 Å². The maximum absolute atomic E-state index is 11.9. The molecule has 0 aliphatic carbocycles. The van der Waals surface area contributed by atoms with Gasteiger partial charge < -0.3 is 11.1 Å². The highest BCUT2D eigenvalue weighted by atomic mass is 35.5. The summed E-state index contributed by atoms with van der Waals surface area (Å²) in [5, 5.41) is 3.35. The van der Waals surface area contributed by atoms with Gasteiger partial charge in [0.15, 0.2) is 0 Å². The van der Waals surface area contributed by atoms with E-state index in [1.807, 2.05) is 0 Å². The van der Waals surface area contributed by atoms with Gasteiger partial charge in [0, 0.05) is 10.7 Å². The molecule has 1 amide bonds. The molecule has 1 aromatic heterocycles. The summed E-state index contributed by atoms with van der Waals surface area (Å²) in [6, 6.07) is 6.87. The quantitative estimate of drug-likeness (QED) is 0.879. The maximum atomic E-state index is 11.9. The van der Waals surface area contributed by atoms with E-state index in [4.69, 9.17) is 17.3 Å². The second-order valence-electron chi connectivity index (χ2n) is 3.47. The number of amides is 1. The third kappa shape index (κ3) is 2.57. The summed E-state index contributed by atoms with van der Waals surface area (Å²) in [5.41, 5.74) is 7.53. The maximum Gasteiger partial charge on any atom is 0.269 e. The summed E-state index contributed by atoms with van der Waals surface area (Å²) >= 11 is 6.85. The van der Waals surface area contributed by atoms with Crippen LogP contribution in [0.4, 0.5) is 11.4 Å². The first-order valence-corrected chi connectivity index (χ1v) is 6.01. The van der Waals surface area contributed by atoms with E-state index in [1.165, 1.54) is 0 Å². The van der Waals surface area contributed by atoms with E-state index in [0.29, 0.717) is 27.0 Å². The lowest BCUT2D eigenvalue weighted by Crippen LogP contribution is -2.12. The van der Waals surface area contributed by atoms with Crippen molar-refractivity contribution >= 4 is 40.4 Å². The summed E-state index contributed by atoms with van der Waals surface area (Å²) < 4.78 is 4.03. The van der Waals surface area contributed by atoms with E-state index >= 15 is 0 Å². The molecule has 0 aliphatic heterocycles. The number of nitrogens with zero attached hydrogens (tertiary/aromatic N) is 1. The molecule has 0 atom stereocenters. The van der Waals surface area contributed by atoms with Crippen LogP contribution in [-0.4, -0.2) is 10.3 Å². The van der Waals surface area contributed by atoms with Crippen LogP contribution in [-0.2, 0) is 0 Å². The number of carbonyl (C=O) groups is 1. The number of hydrogen-bond acceptors (Lipinski definition) is 4. The van der Waals surface area contributed by atoms with E-state index in [1.54, 1.807) is 31.2 Å². The molecule has 0 aliphatic rings. The van der Waals surface area contributed by atoms with Crippen LogP contribution in [0.1, 0.15) is 15.4 Å². The number of halogens is 1. The highest BCUT2D eigenvalue weighted by Gasteiger charge is 2.15. The molecule has 4 nitrogen and oxygen atoms in total. The smallest absolute Gasteiger partial charge is 0.269 e. The van der Waals surface area contributed by atoms with Crippen LogP contribution >= 0.6 is 23.1 Å². The number of benzene rings is 1. The van der Waals surface area contributed by atoms with Gasteiger partial charge in [-0.2, -0.15) is 4.37 Å². The molecule has 0 radical (unpaired) electrons. The zero-order valence-corrected chi connectivity index (χ0v) is 10.6. The highest BCUT2D eigenvalue weighted by molar-refractivity contribution is 7.09. The number of nitrogens with one attached hydrogen (secondary N) is 1. The van der Waals surface area contributed by atoms with Gasteiger partial charge in [0.25, 0.3) is 5.91 Å². The molecule has 0 spiro atoms. The molecule has 2 aromatic rings. The van der Waals surface area contributed by atoms with Gasteiger partial charge in [-0.3, -0.25) is 4.79 Å². The van der Waals surface area contributed by atoms with E-state index < -0.39 is 0 Å². The number of nitrogen functional groups attached to an aromatic ring is 1. The fraction of sp³-hybridized carbons (Fsp3) is 0.0909. The Morgan fingerprint density at radius 3 is 2.59 bits per heavy atom. The van der Waals surface area contributed by atoms with Crippen molar-refractivity contribution in [1.29, 1.82) is 0 Å². The first kappa shape index (κ1) is 11.9. The number of anilines is 2. The van der Waals surface area contributed by atoms with Crippen molar-refractivity contribution in [2.75, 3.05) is 11.1 Å². The van der Waals surface area contributed by atoms with Gasteiger partial charge in [0.05, 0.1) is 11.4 Å². The van der Waals surface area contributed by atoms with Gasteiger partial charge in [-0.1, -0.05) is 11.6 Å². The Bertz CT molecular complexity index is 550. The van der Waals surface area contributed by atoms with Crippen LogP contribution in [0.15, 0.2) is 24.3 Å². The SMILES string of the molecule is Cc1nsc(C(=O)Nc2ccc(Cl)cc2)c1N. The minimum Gasteiger partial charge on any atom is -0.396 e. The molecular formula is C11H10ClN3OS. The van der Waals surface area contributed by atoms with E-state index in [0.717, 1.165) is 11.5 Å². The van der Waals surface area contributed by atoms with Crippen molar-refractivity contribution in [3.8, 4) is 0 Å². The Morgan fingerprint density at radius 2 is 2.06 bits per heavy atom. The number of hydrogen-bond donors (Lipinski definition) is 2. The van der Waals surface area contributed by atoms with Crippen molar-refractivity contribution in [2.24, 2.45) is 0 Å². The lowest BCUT2D eigenvalue weighted by molar-refractivity contribution is 0.103. The normalized spacial score (nSPS) is 10.2. The summed E-state index contributed by atoms with van der Waals surface area (Å²) in [6.45, 7) is 1.77. The molecule has 6 heteroatoms. The first-order valence-electron chi connectivity index (χ1n) is 4.86. The van der Waals surface area contributed by atoms with Crippen molar-refractivity contribution in [1.82, 2.24) is 4.37 Å². The second kappa shape index (κ2) is 4.73. The van der Waals surface area contributed by atoms with E-state index in [-0.39, 0.29) is 5.91 Å². The summed E-state index contributed by atoms with van der Waals surface area (Å²) in [7, 11) is 0. The van der Waals surface area contributed by atoms with Crippen LogP contribution in [0, 0.1) is 6.92 Å². The Labute approximate surface area is 108 Å². The third-order valence-corrected chi connectivity index (χ3v) is 3.42. The largest absolute Gasteiger partial charge is 0.396 e. The highest BCUT2D eigenvalue weighted by Crippen LogP contribution is 2.22. The van der Waals surface area contributed by atoms with Gasteiger partial charge in [-0.25, -0.2) is 0 Å². The molecule has 0 unspecified atom stereocenters. The first-order chi connectivity index (χ1) is 8.08. The van der Waals surface area contributed by atoms with Crippen LogP contribution in [0.25, 0.3) is 0 Å². The zero-order valence-electron chi connectivity index (χ0n) is 9.03. The molecule has 88 valence electrons.